The van der Waals surface area contributed by atoms with Crippen LogP contribution in [0.1, 0.15) is 46.6 Å². The van der Waals surface area contributed by atoms with Crippen LogP contribution in [0.25, 0.3) is 11.1 Å². The van der Waals surface area contributed by atoms with Crippen LogP contribution in [-0.2, 0) is 20.7 Å². The highest BCUT2D eigenvalue weighted by molar-refractivity contribution is 7.11. The quantitative estimate of drug-likeness (QED) is 0.428. The molecule has 2 amide bonds. The smallest absolute Gasteiger partial charge is 0.266 e. The van der Waals surface area contributed by atoms with Crippen molar-refractivity contribution >= 4 is 40.0 Å². The Balaban J connectivity index is 1.50. The fraction of sp³-hybridized carbons (Fsp3) is 0.462. The zero-order valence-electron chi connectivity index (χ0n) is 20.1. The van der Waals surface area contributed by atoms with Crippen LogP contribution in [0.3, 0.4) is 0 Å². The molecule has 0 unspecified atom stereocenters. The van der Waals surface area contributed by atoms with Crippen LogP contribution in [-0.4, -0.2) is 59.8 Å². The third-order valence-electron chi connectivity index (χ3n) is 6.11. The minimum Gasteiger partial charge on any atom is -0.434 e. The van der Waals surface area contributed by atoms with Crippen molar-refractivity contribution < 1.29 is 23.5 Å². The van der Waals surface area contributed by atoms with Crippen molar-refractivity contribution in [2.24, 2.45) is 5.92 Å². The van der Waals surface area contributed by atoms with Crippen LogP contribution in [0.2, 0.25) is 0 Å². The highest BCUT2D eigenvalue weighted by Crippen LogP contribution is 2.23. The third-order valence-corrected chi connectivity index (χ3v) is 7.14. The Hall–Kier alpha value is -3.04. The number of fused-ring (bicyclic) bond motifs is 1. The van der Waals surface area contributed by atoms with Gasteiger partial charge in [-0.2, -0.15) is 0 Å². The first-order chi connectivity index (χ1) is 16.9. The zero-order valence-corrected chi connectivity index (χ0v) is 20.9. The number of nitrogens with zero attached hydrogens (tertiary/aromatic N) is 2. The van der Waals surface area contributed by atoms with E-state index in [2.05, 4.69) is 10.3 Å². The fourth-order valence-electron chi connectivity index (χ4n) is 4.22. The van der Waals surface area contributed by atoms with Gasteiger partial charge < -0.3 is 19.4 Å². The first-order valence-electron chi connectivity index (χ1n) is 12.1. The summed E-state index contributed by atoms with van der Waals surface area (Å²) in [6, 6.07) is 10.4. The number of carbonyl (C=O) groups excluding carboxylic acids is 3. The summed E-state index contributed by atoms with van der Waals surface area (Å²) in [4.78, 5) is 47.9. The molecule has 0 bridgehead atoms. The average molecular weight is 498 g/mol. The number of para-hydroxylation sites is 2. The monoisotopic (exact) mass is 497 g/mol. The standard InChI is InChI=1S/C26H31N3O5S/c1-3-6-21(24(31)26-28-20-7-4-5-8-22(20)34-26)27-25(32)18(15-19-10-9-17(2)35-19)16-23(30)29-11-13-33-14-12-29/h4-5,7-10,18,21H,3,6,11-16H2,1-2H3,(H,27,32)/t18-,21-/m0/s1. The topological polar surface area (TPSA) is 102 Å². The number of Topliss-reactive ketones (excluding diaryl/α,β-unsaturated/α-hetero) is 1. The van der Waals surface area contributed by atoms with E-state index in [9.17, 15) is 14.4 Å². The van der Waals surface area contributed by atoms with Crippen LogP contribution in [0.5, 0.6) is 0 Å². The molecule has 0 aliphatic carbocycles. The molecule has 1 aliphatic heterocycles. The van der Waals surface area contributed by atoms with Crippen molar-refractivity contribution in [3.05, 3.63) is 52.0 Å². The SMILES string of the molecule is CCC[C@H](NC(=O)[C@H](CC(=O)N1CCOCC1)Cc1ccc(C)s1)C(=O)c1nc2ccccc2o1. The number of ketones is 1. The molecule has 0 spiro atoms. The number of amides is 2. The number of hydrogen-bond acceptors (Lipinski definition) is 7. The van der Waals surface area contributed by atoms with E-state index < -0.39 is 12.0 Å². The molecular weight excluding hydrogens is 466 g/mol. The lowest BCUT2D eigenvalue weighted by molar-refractivity contribution is -0.139. The van der Waals surface area contributed by atoms with Gasteiger partial charge in [0.1, 0.15) is 5.52 Å². The maximum Gasteiger partial charge on any atom is 0.266 e. The summed E-state index contributed by atoms with van der Waals surface area (Å²) in [6.07, 6.45) is 1.67. The van der Waals surface area contributed by atoms with Gasteiger partial charge in [-0.25, -0.2) is 4.98 Å². The van der Waals surface area contributed by atoms with E-state index in [1.165, 1.54) is 0 Å². The van der Waals surface area contributed by atoms with Gasteiger partial charge in [0.15, 0.2) is 5.58 Å². The van der Waals surface area contributed by atoms with Crippen LogP contribution in [0.15, 0.2) is 40.8 Å². The van der Waals surface area contributed by atoms with Gasteiger partial charge in [-0.05, 0) is 44.0 Å². The Labute approximate surface area is 208 Å². The lowest BCUT2D eigenvalue weighted by Crippen LogP contribution is -2.46. The van der Waals surface area contributed by atoms with Crippen molar-refractivity contribution in [3.8, 4) is 0 Å². The summed E-state index contributed by atoms with van der Waals surface area (Å²) >= 11 is 1.61. The number of benzene rings is 1. The van der Waals surface area contributed by atoms with Gasteiger partial charge in [0.05, 0.1) is 25.2 Å². The molecule has 3 heterocycles. The van der Waals surface area contributed by atoms with Gasteiger partial charge in [-0.1, -0.05) is 25.5 Å². The lowest BCUT2D eigenvalue weighted by atomic mass is 9.96. The van der Waals surface area contributed by atoms with E-state index in [0.29, 0.717) is 56.7 Å². The first-order valence-corrected chi connectivity index (χ1v) is 12.9. The molecule has 3 aromatic rings. The van der Waals surface area contributed by atoms with E-state index in [-0.39, 0.29) is 29.9 Å². The molecule has 4 rings (SSSR count). The number of nitrogens with one attached hydrogen (secondary N) is 1. The van der Waals surface area contributed by atoms with E-state index in [1.807, 2.05) is 38.1 Å². The molecular formula is C26H31N3O5S. The number of rotatable bonds is 10. The Morgan fingerprint density at radius 3 is 2.60 bits per heavy atom. The van der Waals surface area contributed by atoms with Crippen LogP contribution in [0.4, 0.5) is 0 Å². The van der Waals surface area contributed by atoms with Crippen LogP contribution in [0, 0.1) is 12.8 Å². The molecule has 8 nitrogen and oxygen atoms in total. The number of aromatic nitrogens is 1. The molecule has 1 fully saturated rings. The number of morpholine rings is 1. The summed E-state index contributed by atoms with van der Waals surface area (Å²) < 4.78 is 11.0. The molecule has 2 atom stereocenters. The second-order valence-corrected chi connectivity index (χ2v) is 10.2. The molecule has 0 saturated carbocycles. The van der Waals surface area contributed by atoms with E-state index in [1.54, 1.807) is 28.4 Å². The second kappa shape index (κ2) is 11.6. The minimum absolute atomic E-state index is 0.0141. The molecule has 1 N–H and O–H groups in total. The second-order valence-electron chi connectivity index (χ2n) is 8.81. The number of ether oxygens (including phenoxy) is 1. The Bertz CT molecular complexity index is 1150. The van der Waals surface area contributed by atoms with Gasteiger partial charge in [0, 0.05) is 29.3 Å². The van der Waals surface area contributed by atoms with Crippen molar-refractivity contribution in [3.63, 3.8) is 0 Å². The molecule has 1 aliphatic rings. The summed E-state index contributed by atoms with van der Waals surface area (Å²) in [5.41, 5.74) is 1.12. The van der Waals surface area contributed by atoms with Gasteiger partial charge >= 0.3 is 0 Å². The fourth-order valence-corrected chi connectivity index (χ4v) is 5.19. The van der Waals surface area contributed by atoms with Crippen LogP contribution >= 0.6 is 11.3 Å². The maximum atomic E-state index is 13.5. The maximum absolute atomic E-state index is 13.5. The Kier molecular flexibility index (Phi) is 8.30. The Morgan fingerprint density at radius 2 is 1.91 bits per heavy atom. The molecule has 0 radical (unpaired) electrons. The molecule has 1 saturated heterocycles. The number of hydrogen-bond donors (Lipinski definition) is 1. The predicted octanol–water partition coefficient (Wildman–Crippen LogP) is 3.77. The Morgan fingerprint density at radius 1 is 1.14 bits per heavy atom. The van der Waals surface area contributed by atoms with Crippen LogP contribution < -0.4 is 5.32 Å². The van der Waals surface area contributed by atoms with Crippen molar-refractivity contribution in [1.82, 2.24) is 15.2 Å². The predicted molar refractivity (Wildman–Crippen MR) is 133 cm³/mol. The first kappa shape index (κ1) is 25.1. The van der Waals surface area contributed by atoms with E-state index >= 15 is 0 Å². The van der Waals surface area contributed by atoms with Gasteiger partial charge in [-0.3, -0.25) is 14.4 Å². The van der Waals surface area contributed by atoms with Gasteiger partial charge in [0.25, 0.3) is 5.89 Å². The summed E-state index contributed by atoms with van der Waals surface area (Å²) in [7, 11) is 0. The highest BCUT2D eigenvalue weighted by atomic mass is 32.1. The average Bonchev–Trinajstić information content (AvgIpc) is 3.49. The largest absolute Gasteiger partial charge is 0.434 e. The minimum atomic E-state index is -0.772. The summed E-state index contributed by atoms with van der Waals surface area (Å²) in [6.45, 7) is 6.03. The summed E-state index contributed by atoms with van der Waals surface area (Å²) in [5, 5.41) is 2.92. The lowest BCUT2D eigenvalue weighted by Gasteiger charge is -2.28. The van der Waals surface area contributed by atoms with Gasteiger partial charge in [-0.15, -0.1) is 11.3 Å². The number of thiophene rings is 1. The number of oxazole rings is 1. The van der Waals surface area contributed by atoms with Crippen molar-refractivity contribution in [2.75, 3.05) is 26.3 Å². The normalized spacial score (nSPS) is 15.7. The number of aryl methyl sites for hydroxylation is 1. The van der Waals surface area contributed by atoms with Crippen molar-refractivity contribution in [2.45, 2.75) is 45.6 Å². The molecule has 2 aromatic heterocycles. The third kappa shape index (κ3) is 6.35. The van der Waals surface area contributed by atoms with Gasteiger partial charge in [0.2, 0.25) is 17.6 Å². The molecule has 35 heavy (non-hydrogen) atoms. The van der Waals surface area contributed by atoms with E-state index in [4.69, 9.17) is 9.15 Å². The summed E-state index contributed by atoms with van der Waals surface area (Å²) in [5.74, 6) is -1.33. The van der Waals surface area contributed by atoms with Crippen molar-refractivity contribution in [1.29, 1.82) is 0 Å². The number of carbonyl (C=O) groups is 3. The zero-order chi connectivity index (χ0) is 24.8. The molecule has 1 aromatic carbocycles. The highest BCUT2D eigenvalue weighted by Gasteiger charge is 2.31. The van der Waals surface area contributed by atoms with E-state index in [0.717, 1.165) is 9.75 Å². The molecule has 186 valence electrons. The molecule has 9 heteroatoms.